The number of carbonyl (C=O) groups is 1. The second kappa shape index (κ2) is 6.17. The first-order valence-corrected chi connectivity index (χ1v) is 8.76. The van der Waals surface area contributed by atoms with Gasteiger partial charge < -0.3 is 29.5 Å². The first kappa shape index (κ1) is 18.2. The molecule has 0 spiro atoms. The maximum absolute atomic E-state index is 12.8. The number of aliphatic hydroxyl groups excluding tert-OH is 1. The maximum Gasteiger partial charge on any atom is 0.202 e. The van der Waals surface area contributed by atoms with Crippen molar-refractivity contribution in [2.24, 2.45) is 0 Å². The van der Waals surface area contributed by atoms with Crippen molar-refractivity contribution >= 4 is 11.9 Å². The van der Waals surface area contributed by atoms with E-state index in [2.05, 4.69) is 0 Å². The van der Waals surface area contributed by atoms with Crippen LogP contribution in [0.1, 0.15) is 41.4 Å². The Kier molecular flexibility index (Phi) is 4.01. The summed E-state index contributed by atoms with van der Waals surface area (Å²) in [5, 5.41) is 30.9. The summed E-state index contributed by atoms with van der Waals surface area (Å²) >= 11 is 0. The smallest absolute Gasteiger partial charge is 0.202 e. The van der Waals surface area contributed by atoms with E-state index in [4.69, 9.17) is 14.2 Å². The van der Waals surface area contributed by atoms with Crippen LogP contribution in [0.2, 0.25) is 0 Å². The van der Waals surface area contributed by atoms with Crippen molar-refractivity contribution in [3.63, 3.8) is 0 Å². The molecule has 0 bridgehead atoms. The molecule has 0 saturated carbocycles. The van der Waals surface area contributed by atoms with Crippen LogP contribution in [-0.2, 0) is 0 Å². The van der Waals surface area contributed by atoms with Crippen LogP contribution in [-0.4, -0.2) is 39.9 Å². The molecule has 2 aromatic rings. The minimum absolute atomic E-state index is 0.0718. The fraction of sp³-hybridized carbons (Fsp3) is 0.286. The van der Waals surface area contributed by atoms with Crippen LogP contribution in [0.15, 0.2) is 30.3 Å². The Hall–Kier alpha value is -3.19. The normalized spacial score (nSPS) is 21.9. The third kappa shape index (κ3) is 2.75. The predicted octanol–water partition coefficient (Wildman–Crippen LogP) is 2.97. The molecule has 146 valence electrons. The van der Waals surface area contributed by atoms with Gasteiger partial charge in [0.15, 0.2) is 23.7 Å². The van der Waals surface area contributed by atoms with Gasteiger partial charge in [0.25, 0.3) is 0 Å². The number of ether oxygens (including phenoxy) is 3. The number of hydrogen-bond acceptors (Lipinski definition) is 7. The highest BCUT2D eigenvalue weighted by atomic mass is 16.5. The van der Waals surface area contributed by atoms with Crippen molar-refractivity contribution < 1.29 is 34.3 Å². The summed E-state index contributed by atoms with van der Waals surface area (Å²) in [6.45, 7) is 3.73. The lowest BCUT2D eigenvalue weighted by Gasteiger charge is -2.33. The Labute approximate surface area is 161 Å². The molecule has 28 heavy (non-hydrogen) atoms. The third-order valence-corrected chi connectivity index (χ3v) is 4.88. The molecule has 4 rings (SSSR count). The van der Waals surface area contributed by atoms with E-state index in [1.165, 1.54) is 25.3 Å². The molecule has 7 heteroatoms. The summed E-state index contributed by atoms with van der Waals surface area (Å²) in [4.78, 5) is 12.8. The number of carbonyl (C=O) groups excluding carboxylic acids is 1. The summed E-state index contributed by atoms with van der Waals surface area (Å²) in [6, 6.07) is 5.96. The van der Waals surface area contributed by atoms with Gasteiger partial charge >= 0.3 is 0 Å². The average Bonchev–Trinajstić information content (AvgIpc) is 2.64. The van der Waals surface area contributed by atoms with E-state index < -0.39 is 23.6 Å². The van der Waals surface area contributed by atoms with Gasteiger partial charge in [0, 0.05) is 6.07 Å². The lowest BCUT2D eigenvalue weighted by molar-refractivity contribution is 0.0208. The zero-order chi connectivity index (χ0) is 20.2. The van der Waals surface area contributed by atoms with Gasteiger partial charge in [0.1, 0.15) is 28.4 Å². The van der Waals surface area contributed by atoms with E-state index in [1.807, 2.05) is 13.8 Å². The number of phenolic OH excluding ortho intramolecular Hbond substituents is 2. The van der Waals surface area contributed by atoms with Crippen LogP contribution < -0.4 is 14.2 Å². The third-order valence-electron chi connectivity index (χ3n) is 4.88. The van der Waals surface area contributed by atoms with Gasteiger partial charge in [0.05, 0.1) is 12.7 Å². The largest absolute Gasteiger partial charge is 0.506 e. The van der Waals surface area contributed by atoms with Gasteiger partial charge in [-0.15, -0.1) is 0 Å². The summed E-state index contributed by atoms with van der Waals surface area (Å²) in [6.07, 6.45) is 0.900. The van der Waals surface area contributed by atoms with E-state index in [-0.39, 0.29) is 28.6 Å². The average molecular weight is 384 g/mol. The zero-order valence-electron chi connectivity index (χ0n) is 15.6. The van der Waals surface area contributed by atoms with Crippen molar-refractivity contribution in [2.75, 3.05) is 7.11 Å². The van der Waals surface area contributed by atoms with E-state index in [0.29, 0.717) is 16.9 Å². The zero-order valence-corrected chi connectivity index (χ0v) is 15.6. The van der Waals surface area contributed by atoms with Crippen LogP contribution in [0.3, 0.4) is 0 Å². The predicted molar refractivity (Wildman–Crippen MR) is 100 cm³/mol. The van der Waals surface area contributed by atoms with E-state index in [1.54, 1.807) is 18.2 Å². The number of fused-ring (bicyclic) bond motifs is 2. The van der Waals surface area contributed by atoms with Gasteiger partial charge in [-0.2, -0.15) is 0 Å². The minimum atomic E-state index is -1.53. The Morgan fingerprint density at radius 3 is 2.61 bits per heavy atom. The lowest BCUT2D eigenvalue weighted by atomic mass is 9.90. The minimum Gasteiger partial charge on any atom is -0.506 e. The van der Waals surface area contributed by atoms with E-state index in [9.17, 15) is 20.1 Å². The van der Waals surface area contributed by atoms with Crippen LogP contribution in [0.5, 0.6) is 28.7 Å². The SMILES string of the molecule is COc1cc(C2Oc3cc4c(c(O)c3C(=O)C2O)C=CC(C)(C)O4)ccc1O. The van der Waals surface area contributed by atoms with Crippen molar-refractivity contribution in [2.45, 2.75) is 31.7 Å². The molecule has 2 aliphatic rings. The second-order valence-electron chi connectivity index (χ2n) is 7.33. The monoisotopic (exact) mass is 384 g/mol. The number of aliphatic hydroxyl groups is 1. The van der Waals surface area contributed by atoms with Gasteiger partial charge in [-0.1, -0.05) is 6.07 Å². The molecule has 2 heterocycles. The molecule has 0 radical (unpaired) electrons. The molecule has 0 saturated heterocycles. The molecule has 2 aliphatic heterocycles. The summed E-state index contributed by atoms with van der Waals surface area (Å²) < 4.78 is 16.8. The Morgan fingerprint density at radius 2 is 1.89 bits per heavy atom. The molecule has 2 aromatic carbocycles. The molecular formula is C21H20O7. The highest BCUT2D eigenvalue weighted by Crippen LogP contribution is 2.48. The van der Waals surface area contributed by atoms with Crippen molar-refractivity contribution in [3.05, 3.63) is 47.0 Å². The summed E-state index contributed by atoms with van der Waals surface area (Å²) in [5.74, 6) is -0.320. The molecule has 3 N–H and O–H groups in total. The van der Waals surface area contributed by atoms with Crippen molar-refractivity contribution in [3.8, 4) is 28.7 Å². The highest BCUT2D eigenvalue weighted by Gasteiger charge is 2.41. The molecule has 0 aliphatic carbocycles. The number of phenols is 2. The molecule has 0 amide bonds. The Morgan fingerprint density at radius 1 is 1.14 bits per heavy atom. The fourth-order valence-corrected chi connectivity index (χ4v) is 3.42. The van der Waals surface area contributed by atoms with Crippen LogP contribution >= 0.6 is 0 Å². The van der Waals surface area contributed by atoms with Crippen molar-refractivity contribution in [1.29, 1.82) is 0 Å². The number of hydrogen-bond donors (Lipinski definition) is 3. The van der Waals surface area contributed by atoms with Crippen molar-refractivity contribution in [1.82, 2.24) is 0 Å². The molecule has 2 atom stereocenters. The number of rotatable bonds is 2. The Bertz CT molecular complexity index is 1010. The number of aromatic hydroxyl groups is 2. The van der Waals surface area contributed by atoms with Gasteiger partial charge in [-0.3, -0.25) is 4.79 Å². The van der Waals surface area contributed by atoms with Crippen LogP contribution in [0, 0.1) is 0 Å². The summed E-state index contributed by atoms with van der Waals surface area (Å²) in [7, 11) is 1.40. The number of Topliss-reactive ketones (excluding diaryl/α,β-unsaturated/α-hetero) is 1. The molecular weight excluding hydrogens is 364 g/mol. The topological polar surface area (TPSA) is 105 Å². The second-order valence-corrected chi connectivity index (χ2v) is 7.33. The highest BCUT2D eigenvalue weighted by molar-refractivity contribution is 6.06. The first-order valence-electron chi connectivity index (χ1n) is 8.76. The maximum atomic E-state index is 12.8. The van der Waals surface area contributed by atoms with E-state index in [0.717, 1.165) is 0 Å². The first-order chi connectivity index (χ1) is 13.2. The Balaban J connectivity index is 1.81. The molecule has 2 unspecified atom stereocenters. The molecule has 0 fully saturated rings. The van der Waals surface area contributed by atoms with Gasteiger partial charge in [-0.05, 0) is 43.7 Å². The fourth-order valence-electron chi connectivity index (χ4n) is 3.42. The number of methoxy groups -OCH3 is 1. The molecule has 7 nitrogen and oxygen atoms in total. The van der Waals surface area contributed by atoms with Crippen LogP contribution in [0.4, 0.5) is 0 Å². The van der Waals surface area contributed by atoms with Gasteiger partial charge in [-0.25, -0.2) is 0 Å². The number of ketones is 1. The summed E-state index contributed by atoms with van der Waals surface area (Å²) in [5.41, 5.74) is 0.156. The number of benzene rings is 2. The van der Waals surface area contributed by atoms with Gasteiger partial charge in [0.2, 0.25) is 5.78 Å². The van der Waals surface area contributed by atoms with E-state index >= 15 is 0 Å². The quantitative estimate of drug-likeness (QED) is 0.731. The molecule has 0 aromatic heterocycles. The van der Waals surface area contributed by atoms with Crippen LogP contribution in [0.25, 0.3) is 6.08 Å². The standard InChI is InChI=1S/C21H20O7/c1-21(2)7-6-11-13(28-21)9-15-16(17(11)23)18(24)19(25)20(27-15)10-4-5-12(22)14(8-10)26-3/h4-9,19-20,22-23,25H,1-3H3. The lowest BCUT2D eigenvalue weighted by Crippen LogP contribution is -2.36.